The summed E-state index contributed by atoms with van der Waals surface area (Å²) in [6.45, 7) is 2.81. The largest absolute Gasteiger partial charge is 0.346 e. The van der Waals surface area contributed by atoms with E-state index in [1.807, 2.05) is 24.3 Å². The Balaban J connectivity index is 2.25. The summed E-state index contributed by atoms with van der Waals surface area (Å²) in [5.41, 5.74) is 8.14. The summed E-state index contributed by atoms with van der Waals surface area (Å²) in [5.74, 6) is -0.517. The molecule has 1 aromatic carbocycles. The molecular formula is C14H20N2O3S. The lowest BCUT2D eigenvalue weighted by molar-refractivity contribution is -0.123. The molecule has 2 atom stereocenters. The Morgan fingerprint density at radius 1 is 1.35 bits per heavy atom. The molecule has 0 bridgehead atoms. The standard InChI is InChI=1S/C14H20N2O3S/c1-14(2,20(3,18)19)13(17)16-12-10-7-5-4-6-9(10)8-11(12)15/h4-7,11-12H,8,15H2,1-3H3,(H,16,17). The average Bonchev–Trinajstić information content (AvgIpc) is 2.64. The number of benzene rings is 1. The number of carbonyl (C=O) groups excluding carboxylic acids is 1. The first-order chi connectivity index (χ1) is 9.14. The van der Waals surface area contributed by atoms with E-state index in [2.05, 4.69) is 5.32 Å². The lowest BCUT2D eigenvalue weighted by Gasteiger charge is -2.26. The number of nitrogens with one attached hydrogen (secondary N) is 1. The second-order valence-electron chi connectivity index (χ2n) is 5.80. The topological polar surface area (TPSA) is 89.3 Å². The van der Waals surface area contributed by atoms with Crippen LogP contribution in [-0.4, -0.2) is 31.4 Å². The molecule has 0 aromatic heterocycles. The van der Waals surface area contributed by atoms with E-state index in [1.54, 1.807) is 0 Å². The minimum absolute atomic E-state index is 0.230. The van der Waals surface area contributed by atoms with Crippen molar-refractivity contribution in [3.8, 4) is 0 Å². The van der Waals surface area contributed by atoms with Crippen molar-refractivity contribution < 1.29 is 13.2 Å². The number of rotatable bonds is 3. The molecule has 2 rings (SSSR count). The second-order valence-corrected chi connectivity index (χ2v) is 8.37. The fourth-order valence-electron chi connectivity index (χ4n) is 2.29. The number of fused-ring (bicyclic) bond motifs is 1. The van der Waals surface area contributed by atoms with Gasteiger partial charge in [0.25, 0.3) is 0 Å². The molecule has 0 radical (unpaired) electrons. The Bertz CT molecular complexity index is 638. The Morgan fingerprint density at radius 3 is 2.55 bits per heavy atom. The molecule has 2 unspecified atom stereocenters. The maximum Gasteiger partial charge on any atom is 0.241 e. The Labute approximate surface area is 119 Å². The molecule has 0 saturated carbocycles. The average molecular weight is 296 g/mol. The minimum atomic E-state index is -3.49. The monoisotopic (exact) mass is 296 g/mol. The molecule has 0 saturated heterocycles. The molecule has 110 valence electrons. The quantitative estimate of drug-likeness (QED) is 0.852. The van der Waals surface area contributed by atoms with Crippen molar-refractivity contribution in [3.63, 3.8) is 0 Å². The summed E-state index contributed by atoms with van der Waals surface area (Å²) in [6, 6.07) is 7.14. The van der Waals surface area contributed by atoms with Crippen molar-refractivity contribution in [1.82, 2.24) is 5.32 Å². The van der Waals surface area contributed by atoms with E-state index in [1.165, 1.54) is 13.8 Å². The molecule has 0 fully saturated rings. The van der Waals surface area contributed by atoms with Crippen molar-refractivity contribution in [1.29, 1.82) is 0 Å². The van der Waals surface area contributed by atoms with E-state index in [9.17, 15) is 13.2 Å². The smallest absolute Gasteiger partial charge is 0.241 e. The van der Waals surface area contributed by atoms with Crippen LogP contribution in [0.25, 0.3) is 0 Å². The molecule has 0 aliphatic heterocycles. The van der Waals surface area contributed by atoms with Gasteiger partial charge in [0.1, 0.15) is 4.75 Å². The van der Waals surface area contributed by atoms with Crippen molar-refractivity contribution in [2.45, 2.75) is 37.1 Å². The number of carbonyl (C=O) groups is 1. The first-order valence-electron chi connectivity index (χ1n) is 6.48. The third-order valence-corrected chi connectivity index (χ3v) is 6.07. The third kappa shape index (κ3) is 2.45. The normalized spacial score (nSPS) is 22.4. The molecule has 20 heavy (non-hydrogen) atoms. The molecule has 3 N–H and O–H groups in total. The Hall–Kier alpha value is -1.40. The Kier molecular flexibility index (Phi) is 3.64. The van der Waals surface area contributed by atoms with E-state index >= 15 is 0 Å². The molecule has 1 amide bonds. The van der Waals surface area contributed by atoms with Crippen LogP contribution in [0.15, 0.2) is 24.3 Å². The van der Waals surface area contributed by atoms with Crippen LogP contribution in [0.4, 0.5) is 0 Å². The molecule has 6 heteroatoms. The fraction of sp³-hybridized carbons (Fsp3) is 0.500. The second kappa shape index (κ2) is 4.86. The van der Waals surface area contributed by atoms with Crippen molar-refractivity contribution >= 4 is 15.7 Å². The van der Waals surface area contributed by atoms with E-state index in [-0.39, 0.29) is 12.1 Å². The highest BCUT2D eigenvalue weighted by molar-refractivity contribution is 7.92. The molecule has 5 nitrogen and oxygen atoms in total. The van der Waals surface area contributed by atoms with Gasteiger partial charge in [-0.2, -0.15) is 0 Å². The van der Waals surface area contributed by atoms with Crippen molar-refractivity contribution in [2.24, 2.45) is 5.73 Å². The number of hydrogen-bond donors (Lipinski definition) is 2. The van der Waals surface area contributed by atoms with E-state index in [4.69, 9.17) is 5.73 Å². The van der Waals surface area contributed by atoms with Gasteiger partial charge in [0.2, 0.25) is 5.91 Å². The van der Waals surface area contributed by atoms with Gasteiger partial charge in [0.05, 0.1) is 6.04 Å². The zero-order valence-corrected chi connectivity index (χ0v) is 12.7. The van der Waals surface area contributed by atoms with Gasteiger partial charge in [-0.15, -0.1) is 0 Å². The van der Waals surface area contributed by atoms with Crippen LogP contribution in [0.2, 0.25) is 0 Å². The van der Waals surface area contributed by atoms with Crippen LogP contribution >= 0.6 is 0 Å². The fourth-order valence-corrected chi connectivity index (χ4v) is 2.69. The summed E-state index contributed by atoms with van der Waals surface area (Å²) in [6.07, 6.45) is 1.75. The van der Waals surface area contributed by atoms with Crippen LogP contribution in [-0.2, 0) is 21.1 Å². The highest BCUT2D eigenvalue weighted by Gasteiger charge is 2.41. The third-order valence-electron chi connectivity index (χ3n) is 4.03. The minimum Gasteiger partial charge on any atom is -0.346 e. The van der Waals surface area contributed by atoms with E-state index in [0.29, 0.717) is 6.42 Å². The van der Waals surface area contributed by atoms with Crippen LogP contribution in [0.3, 0.4) is 0 Å². The summed E-state index contributed by atoms with van der Waals surface area (Å²) in [7, 11) is -3.49. The number of sulfone groups is 1. The maximum atomic E-state index is 12.3. The van der Waals surface area contributed by atoms with E-state index < -0.39 is 20.5 Å². The molecule has 0 heterocycles. The van der Waals surface area contributed by atoms with Crippen LogP contribution in [0.1, 0.15) is 31.0 Å². The Morgan fingerprint density at radius 2 is 1.95 bits per heavy atom. The number of hydrogen-bond acceptors (Lipinski definition) is 4. The summed E-state index contributed by atoms with van der Waals surface area (Å²) in [5, 5.41) is 2.79. The highest BCUT2D eigenvalue weighted by Crippen LogP contribution is 2.31. The lowest BCUT2D eigenvalue weighted by Crippen LogP contribution is -2.50. The first-order valence-corrected chi connectivity index (χ1v) is 8.37. The zero-order chi connectivity index (χ0) is 15.1. The van der Waals surface area contributed by atoms with Crippen LogP contribution < -0.4 is 11.1 Å². The molecule has 1 aliphatic carbocycles. The van der Waals surface area contributed by atoms with Crippen LogP contribution in [0, 0.1) is 0 Å². The van der Waals surface area contributed by atoms with Gasteiger partial charge >= 0.3 is 0 Å². The van der Waals surface area contributed by atoms with Gasteiger partial charge in [0, 0.05) is 12.3 Å². The number of amides is 1. The SMILES string of the molecule is CC(C)(C(=O)NC1c2ccccc2CC1N)S(C)(=O)=O. The zero-order valence-electron chi connectivity index (χ0n) is 11.9. The maximum absolute atomic E-state index is 12.3. The summed E-state index contributed by atoms with van der Waals surface area (Å²) in [4.78, 5) is 12.3. The lowest BCUT2D eigenvalue weighted by atomic mass is 10.1. The van der Waals surface area contributed by atoms with Crippen LogP contribution in [0.5, 0.6) is 0 Å². The van der Waals surface area contributed by atoms with Gasteiger partial charge in [-0.3, -0.25) is 4.79 Å². The predicted octanol–water partition coefficient (Wildman–Crippen LogP) is 0.551. The first kappa shape index (κ1) is 15.0. The van der Waals surface area contributed by atoms with Gasteiger partial charge in [-0.05, 0) is 31.4 Å². The predicted molar refractivity (Wildman–Crippen MR) is 77.9 cm³/mol. The molecule has 1 aromatic rings. The van der Waals surface area contributed by atoms with Gasteiger partial charge in [-0.25, -0.2) is 8.42 Å². The van der Waals surface area contributed by atoms with Gasteiger partial charge < -0.3 is 11.1 Å². The van der Waals surface area contributed by atoms with E-state index in [0.717, 1.165) is 17.4 Å². The van der Waals surface area contributed by atoms with Crippen molar-refractivity contribution in [2.75, 3.05) is 6.26 Å². The molecular weight excluding hydrogens is 276 g/mol. The van der Waals surface area contributed by atoms with Gasteiger partial charge in [-0.1, -0.05) is 24.3 Å². The van der Waals surface area contributed by atoms with Crippen molar-refractivity contribution in [3.05, 3.63) is 35.4 Å². The van der Waals surface area contributed by atoms with Gasteiger partial charge in [0.15, 0.2) is 9.84 Å². The molecule has 0 spiro atoms. The number of nitrogens with two attached hydrogens (primary N) is 1. The highest BCUT2D eigenvalue weighted by atomic mass is 32.2. The summed E-state index contributed by atoms with van der Waals surface area (Å²) >= 11 is 0. The molecule has 1 aliphatic rings. The summed E-state index contributed by atoms with van der Waals surface area (Å²) < 4.78 is 21.9.